The number of rotatable bonds is 2. The van der Waals surface area contributed by atoms with Gasteiger partial charge in [0.15, 0.2) is 0 Å². The summed E-state index contributed by atoms with van der Waals surface area (Å²) in [5.41, 5.74) is 2.11. The van der Waals surface area contributed by atoms with Gasteiger partial charge in [-0.25, -0.2) is 9.18 Å². The Labute approximate surface area is 159 Å². The number of nitriles is 1. The maximum atomic E-state index is 13.1. The van der Waals surface area contributed by atoms with Crippen LogP contribution in [0.2, 0.25) is 0 Å². The molecule has 0 bridgehead atoms. The molecule has 0 N–H and O–H groups in total. The first-order valence-electron chi connectivity index (χ1n) is 8.95. The van der Waals surface area contributed by atoms with Crippen LogP contribution < -0.4 is 0 Å². The molecular weight excluding hydrogens is 343 g/mol. The number of esters is 1. The molecule has 0 saturated heterocycles. The fraction of sp³-hybridized carbons (Fsp3) is 0.273. The van der Waals surface area contributed by atoms with E-state index >= 15 is 0 Å². The summed E-state index contributed by atoms with van der Waals surface area (Å²) in [5, 5.41) is 9.83. The Hall–Kier alpha value is -3.13. The van der Waals surface area contributed by atoms with E-state index in [1.807, 2.05) is 19.9 Å². The quantitative estimate of drug-likeness (QED) is 0.532. The predicted octanol–water partition coefficient (Wildman–Crippen LogP) is 5.87. The first kappa shape index (κ1) is 21.9. The number of carbonyl (C=O) groups is 1. The summed E-state index contributed by atoms with van der Waals surface area (Å²) >= 11 is 0. The number of carbonyl (C=O) groups excluding carboxylic acids is 1. The van der Waals surface area contributed by atoms with E-state index in [-0.39, 0.29) is 5.82 Å². The van der Waals surface area contributed by atoms with Gasteiger partial charge in [-0.2, -0.15) is 5.26 Å². The third kappa shape index (κ3) is 5.18. The summed E-state index contributed by atoms with van der Waals surface area (Å²) in [5.74, 6) is -0.827. The van der Waals surface area contributed by atoms with Crippen LogP contribution in [-0.2, 0) is 4.74 Å². The molecule has 2 aromatic carbocycles. The average Bonchev–Trinajstić information content (AvgIpc) is 3.13. The van der Waals surface area contributed by atoms with Gasteiger partial charge in [0.1, 0.15) is 5.82 Å². The molecule has 0 atom stereocenters. The Bertz CT molecular complexity index is 922. The Balaban J connectivity index is 0.000000665. The number of methoxy groups -OCH3 is 1. The number of hydrogen-bond acceptors (Lipinski definition) is 3. The monoisotopic (exact) mass is 368 g/mol. The summed E-state index contributed by atoms with van der Waals surface area (Å²) in [6.45, 7) is 8.25. The van der Waals surface area contributed by atoms with Crippen molar-refractivity contribution in [2.75, 3.05) is 7.11 Å². The molecule has 0 aliphatic heterocycles. The van der Waals surface area contributed by atoms with Crippen LogP contribution in [0.1, 0.15) is 50.0 Å². The number of benzene rings is 2. The highest BCUT2D eigenvalue weighted by Gasteiger charge is 2.15. The summed E-state index contributed by atoms with van der Waals surface area (Å²) in [6.07, 6.45) is 3.02. The lowest BCUT2D eigenvalue weighted by Gasteiger charge is -2.07. The molecule has 0 aliphatic carbocycles. The van der Waals surface area contributed by atoms with E-state index in [1.54, 1.807) is 35.0 Å². The third-order valence-electron chi connectivity index (χ3n) is 3.45. The van der Waals surface area contributed by atoms with Crippen LogP contribution in [0.15, 0.2) is 48.7 Å². The van der Waals surface area contributed by atoms with Gasteiger partial charge in [0.05, 0.1) is 29.8 Å². The standard InChI is InChI=1S/C17H11FN2O2.C3H8.C2H6/c1-22-17(21)15-8-11(10-19)9-16-14(15)6-7-20(16)13-4-2-12(18)3-5-13;1-3-2;1-2/h2-9H,1H3;3H2,1-2H3;1-2H3. The number of ether oxygens (including phenoxy) is 1. The zero-order valence-corrected chi connectivity index (χ0v) is 16.4. The van der Waals surface area contributed by atoms with Crippen LogP contribution in [0.4, 0.5) is 4.39 Å². The van der Waals surface area contributed by atoms with Crippen LogP contribution in [-0.4, -0.2) is 17.6 Å². The Kier molecular flexibility index (Phi) is 8.74. The summed E-state index contributed by atoms with van der Waals surface area (Å²) in [6, 6.07) is 13.0. The van der Waals surface area contributed by atoms with Gasteiger partial charge in [-0.15, -0.1) is 0 Å². The van der Waals surface area contributed by atoms with Gasteiger partial charge >= 0.3 is 5.97 Å². The van der Waals surface area contributed by atoms with Crippen molar-refractivity contribution >= 4 is 16.9 Å². The molecule has 27 heavy (non-hydrogen) atoms. The van der Waals surface area contributed by atoms with Crippen LogP contribution >= 0.6 is 0 Å². The zero-order chi connectivity index (χ0) is 20.4. The predicted molar refractivity (Wildman–Crippen MR) is 107 cm³/mol. The third-order valence-corrected chi connectivity index (χ3v) is 3.45. The van der Waals surface area contributed by atoms with Gasteiger partial charge in [0.2, 0.25) is 0 Å². The average molecular weight is 368 g/mol. The molecule has 0 fully saturated rings. The summed E-state index contributed by atoms with van der Waals surface area (Å²) in [7, 11) is 1.30. The Morgan fingerprint density at radius 3 is 2.26 bits per heavy atom. The molecule has 0 radical (unpaired) electrons. The van der Waals surface area contributed by atoms with Crippen molar-refractivity contribution in [2.24, 2.45) is 0 Å². The van der Waals surface area contributed by atoms with Crippen molar-refractivity contribution in [1.82, 2.24) is 4.57 Å². The lowest BCUT2D eigenvalue weighted by atomic mass is 10.1. The lowest BCUT2D eigenvalue weighted by Crippen LogP contribution is -2.03. The van der Waals surface area contributed by atoms with Gasteiger partial charge in [-0.05, 0) is 42.5 Å². The zero-order valence-electron chi connectivity index (χ0n) is 16.4. The van der Waals surface area contributed by atoms with E-state index in [0.717, 1.165) is 5.69 Å². The number of nitrogens with zero attached hydrogens (tertiary/aromatic N) is 2. The maximum Gasteiger partial charge on any atom is 0.338 e. The number of hydrogen-bond donors (Lipinski definition) is 0. The van der Waals surface area contributed by atoms with Crippen molar-refractivity contribution in [3.63, 3.8) is 0 Å². The molecule has 0 saturated carbocycles. The Morgan fingerprint density at radius 1 is 1.15 bits per heavy atom. The molecule has 1 heterocycles. The SMILES string of the molecule is CC.CCC.COC(=O)c1cc(C#N)cc2c1ccn2-c1ccc(F)cc1. The van der Waals surface area contributed by atoms with Crippen molar-refractivity contribution < 1.29 is 13.9 Å². The van der Waals surface area contributed by atoms with Gasteiger partial charge in [0.25, 0.3) is 0 Å². The highest BCUT2D eigenvalue weighted by atomic mass is 19.1. The van der Waals surface area contributed by atoms with E-state index in [0.29, 0.717) is 22.0 Å². The first-order chi connectivity index (χ1) is 13.0. The van der Waals surface area contributed by atoms with Gasteiger partial charge in [-0.3, -0.25) is 0 Å². The Morgan fingerprint density at radius 2 is 1.74 bits per heavy atom. The number of fused-ring (bicyclic) bond motifs is 1. The molecule has 142 valence electrons. The van der Waals surface area contributed by atoms with Crippen LogP contribution in [0.25, 0.3) is 16.6 Å². The van der Waals surface area contributed by atoms with Crippen LogP contribution in [0.3, 0.4) is 0 Å². The van der Waals surface area contributed by atoms with E-state index in [2.05, 4.69) is 13.8 Å². The molecule has 5 heteroatoms. The van der Waals surface area contributed by atoms with Crippen LogP contribution in [0.5, 0.6) is 0 Å². The second kappa shape index (κ2) is 10.8. The van der Waals surface area contributed by atoms with E-state index in [1.165, 1.54) is 31.7 Å². The molecule has 3 aromatic rings. The smallest absolute Gasteiger partial charge is 0.338 e. The van der Waals surface area contributed by atoms with Crippen molar-refractivity contribution in [1.29, 1.82) is 5.26 Å². The van der Waals surface area contributed by atoms with Crippen molar-refractivity contribution in [3.05, 3.63) is 65.6 Å². The minimum atomic E-state index is -0.501. The largest absolute Gasteiger partial charge is 0.465 e. The molecule has 0 spiro atoms. The van der Waals surface area contributed by atoms with E-state index in [9.17, 15) is 9.18 Å². The fourth-order valence-corrected chi connectivity index (χ4v) is 2.41. The van der Waals surface area contributed by atoms with Gasteiger partial charge in [0, 0.05) is 17.3 Å². The normalized spacial score (nSPS) is 9.37. The fourth-order valence-electron chi connectivity index (χ4n) is 2.41. The maximum absolute atomic E-state index is 13.1. The summed E-state index contributed by atoms with van der Waals surface area (Å²) < 4.78 is 19.6. The minimum Gasteiger partial charge on any atom is -0.465 e. The van der Waals surface area contributed by atoms with Crippen LogP contribution in [0, 0.1) is 17.1 Å². The molecule has 1 aromatic heterocycles. The van der Waals surface area contributed by atoms with Gasteiger partial charge in [-0.1, -0.05) is 34.1 Å². The second-order valence-corrected chi connectivity index (χ2v) is 5.43. The molecule has 4 nitrogen and oxygen atoms in total. The molecule has 0 aliphatic rings. The highest BCUT2D eigenvalue weighted by molar-refractivity contribution is 6.04. The van der Waals surface area contributed by atoms with E-state index < -0.39 is 5.97 Å². The van der Waals surface area contributed by atoms with Crippen molar-refractivity contribution in [2.45, 2.75) is 34.1 Å². The first-order valence-corrected chi connectivity index (χ1v) is 8.95. The second-order valence-electron chi connectivity index (χ2n) is 5.43. The molecule has 3 rings (SSSR count). The topological polar surface area (TPSA) is 55.0 Å². The van der Waals surface area contributed by atoms with E-state index in [4.69, 9.17) is 10.00 Å². The molecule has 0 amide bonds. The molecule has 0 unspecified atom stereocenters. The molecular formula is C22H25FN2O2. The minimum absolute atomic E-state index is 0.326. The lowest BCUT2D eigenvalue weighted by molar-refractivity contribution is 0.0603. The number of aromatic nitrogens is 1. The van der Waals surface area contributed by atoms with Gasteiger partial charge < -0.3 is 9.30 Å². The highest BCUT2D eigenvalue weighted by Crippen LogP contribution is 2.26. The summed E-state index contributed by atoms with van der Waals surface area (Å²) in [4.78, 5) is 11.9. The van der Waals surface area contributed by atoms with Crippen molar-refractivity contribution in [3.8, 4) is 11.8 Å². The number of halogens is 1.